The number of nitrogens with one attached hydrogen (secondary N) is 1. The van der Waals surface area contributed by atoms with Crippen LogP contribution in [0.2, 0.25) is 0 Å². The predicted molar refractivity (Wildman–Crippen MR) is 110 cm³/mol. The van der Waals surface area contributed by atoms with Gasteiger partial charge in [0.25, 0.3) is 0 Å². The van der Waals surface area contributed by atoms with Gasteiger partial charge in [0, 0.05) is 26.2 Å². The molecule has 1 amide bonds. The monoisotopic (exact) mass is 425 g/mol. The van der Waals surface area contributed by atoms with Gasteiger partial charge in [0.1, 0.15) is 5.82 Å². The Bertz CT molecular complexity index is 785. The maximum absolute atomic E-state index is 13.1. The fraction of sp³-hybridized carbons (Fsp3) is 0.667. The number of hydrogen-bond donors (Lipinski definition) is 1. The van der Waals surface area contributed by atoms with E-state index in [-0.39, 0.29) is 23.3 Å². The molecular formula is C21H32FN3O3S. The van der Waals surface area contributed by atoms with Gasteiger partial charge in [-0.3, -0.25) is 4.79 Å². The van der Waals surface area contributed by atoms with Gasteiger partial charge in [-0.05, 0) is 75.4 Å². The van der Waals surface area contributed by atoms with Gasteiger partial charge in [-0.25, -0.2) is 12.8 Å². The Hall–Kier alpha value is -1.51. The number of benzene rings is 1. The second kappa shape index (κ2) is 10.00. The van der Waals surface area contributed by atoms with E-state index in [1.165, 1.54) is 29.3 Å². The Balaban J connectivity index is 1.47. The van der Waals surface area contributed by atoms with Crippen LogP contribution < -0.4 is 5.32 Å². The molecule has 2 atom stereocenters. The molecule has 8 heteroatoms. The van der Waals surface area contributed by atoms with Crippen LogP contribution in [0.25, 0.3) is 0 Å². The predicted octanol–water partition coefficient (Wildman–Crippen LogP) is 2.46. The number of rotatable bonds is 7. The summed E-state index contributed by atoms with van der Waals surface area (Å²) in [4.78, 5) is 15.1. The van der Waals surface area contributed by atoms with Crippen LogP contribution in [-0.4, -0.2) is 62.8 Å². The van der Waals surface area contributed by atoms with Crippen molar-refractivity contribution in [1.82, 2.24) is 14.5 Å². The average Bonchev–Trinajstić information content (AvgIpc) is 2.71. The largest absolute Gasteiger partial charge is 0.356 e. The van der Waals surface area contributed by atoms with Gasteiger partial charge in [-0.15, -0.1) is 0 Å². The Morgan fingerprint density at radius 1 is 1.14 bits per heavy atom. The molecule has 0 aliphatic carbocycles. The second-order valence-electron chi connectivity index (χ2n) is 8.35. The van der Waals surface area contributed by atoms with Gasteiger partial charge in [0.2, 0.25) is 15.9 Å². The van der Waals surface area contributed by atoms with E-state index in [4.69, 9.17) is 0 Å². The highest BCUT2D eigenvalue weighted by atomic mass is 32.2. The third-order valence-electron chi connectivity index (χ3n) is 5.90. The molecule has 2 saturated heterocycles. The van der Waals surface area contributed by atoms with Crippen LogP contribution in [0.3, 0.4) is 0 Å². The van der Waals surface area contributed by atoms with Gasteiger partial charge in [-0.2, -0.15) is 4.31 Å². The third-order valence-corrected chi connectivity index (χ3v) is 7.78. The van der Waals surface area contributed by atoms with Crippen molar-refractivity contribution >= 4 is 15.9 Å². The topological polar surface area (TPSA) is 69.7 Å². The van der Waals surface area contributed by atoms with Crippen LogP contribution in [0.5, 0.6) is 0 Å². The molecule has 2 heterocycles. The SMILES string of the molecule is C[C@H]1CCCN(CCCNC(=O)[C@@H]2CCCN(S(=O)(=O)c3ccc(F)cc3)C2)C1. The summed E-state index contributed by atoms with van der Waals surface area (Å²) in [5, 5.41) is 2.99. The van der Waals surface area contributed by atoms with Gasteiger partial charge >= 0.3 is 0 Å². The lowest BCUT2D eigenvalue weighted by Gasteiger charge is -2.32. The molecule has 3 rings (SSSR count). The minimum absolute atomic E-state index is 0.0655. The highest BCUT2D eigenvalue weighted by Crippen LogP contribution is 2.24. The summed E-state index contributed by atoms with van der Waals surface area (Å²) in [6.45, 7) is 6.71. The molecule has 0 bridgehead atoms. The molecule has 2 aliphatic heterocycles. The summed E-state index contributed by atoms with van der Waals surface area (Å²) in [5.41, 5.74) is 0. The molecule has 2 fully saturated rings. The Morgan fingerprint density at radius 3 is 2.59 bits per heavy atom. The number of nitrogens with zero attached hydrogens (tertiary/aromatic N) is 2. The normalized spacial score (nSPS) is 24.3. The molecule has 6 nitrogen and oxygen atoms in total. The number of carbonyl (C=O) groups excluding carboxylic acids is 1. The average molecular weight is 426 g/mol. The van der Waals surface area contributed by atoms with Gasteiger partial charge in [0.05, 0.1) is 10.8 Å². The summed E-state index contributed by atoms with van der Waals surface area (Å²) in [6.07, 6.45) is 4.78. The number of carbonyl (C=O) groups is 1. The summed E-state index contributed by atoms with van der Waals surface area (Å²) in [5.74, 6) is -0.140. The summed E-state index contributed by atoms with van der Waals surface area (Å²) < 4.78 is 40.0. The Kier molecular flexibility index (Phi) is 7.65. The zero-order valence-electron chi connectivity index (χ0n) is 17.1. The molecule has 1 N–H and O–H groups in total. The zero-order chi connectivity index (χ0) is 20.9. The first kappa shape index (κ1) is 22.2. The zero-order valence-corrected chi connectivity index (χ0v) is 18.0. The van der Waals surface area contributed by atoms with E-state index < -0.39 is 15.8 Å². The molecule has 162 valence electrons. The van der Waals surface area contributed by atoms with E-state index in [0.29, 0.717) is 25.9 Å². The number of likely N-dealkylation sites (tertiary alicyclic amines) is 1. The molecule has 0 spiro atoms. The van der Waals surface area contributed by atoms with Crippen LogP contribution in [-0.2, 0) is 14.8 Å². The smallest absolute Gasteiger partial charge is 0.243 e. The molecule has 0 saturated carbocycles. The van der Waals surface area contributed by atoms with Crippen LogP contribution in [0.4, 0.5) is 4.39 Å². The number of amides is 1. The fourth-order valence-corrected chi connectivity index (χ4v) is 5.80. The van der Waals surface area contributed by atoms with Gasteiger partial charge < -0.3 is 10.2 Å². The number of hydrogen-bond acceptors (Lipinski definition) is 4. The maximum atomic E-state index is 13.1. The second-order valence-corrected chi connectivity index (χ2v) is 10.3. The van der Waals surface area contributed by atoms with E-state index in [9.17, 15) is 17.6 Å². The summed E-state index contributed by atoms with van der Waals surface area (Å²) in [7, 11) is -3.71. The lowest BCUT2D eigenvalue weighted by Crippen LogP contribution is -2.45. The van der Waals surface area contributed by atoms with E-state index in [2.05, 4.69) is 17.1 Å². The van der Waals surface area contributed by atoms with Crippen molar-refractivity contribution in [2.45, 2.75) is 43.9 Å². The van der Waals surface area contributed by atoms with E-state index in [1.54, 1.807) is 0 Å². The van der Waals surface area contributed by atoms with Crippen molar-refractivity contribution in [2.24, 2.45) is 11.8 Å². The van der Waals surface area contributed by atoms with Gasteiger partial charge in [0.15, 0.2) is 0 Å². The van der Waals surface area contributed by atoms with Crippen LogP contribution >= 0.6 is 0 Å². The quantitative estimate of drug-likeness (QED) is 0.682. The number of halogens is 1. The fourth-order valence-electron chi connectivity index (χ4n) is 4.28. The molecule has 29 heavy (non-hydrogen) atoms. The van der Waals surface area contributed by atoms with E-state index >= 15 is 0 Å². The first-order chi connectivity index (χ1) is 13.9. The summed E-state index contributed by atoms with van der Waals surface area (Å²) in [6, 6.07) is 4.83. The Morgan fingerprint density at radius 2 is 1.86 bits per heavy atom. The van der Waals surface area contributed by atoms with Crippen molar-refractivity contribution in [1.29, 1.82) is 0 Å². The number of piperidine rings is 2. The first-order valence-electron chi connectivity index (χ1n) is 10.6. The third kappa shape index (κ3) is 5.99. The first-order valence-corrected chi connectivity index (χ1v) is 12.1. The maximum Gasteiger partial charge on any atom is 0.243 e. The molecule has 0 unspecified atom stereocenters. The summed E-state index contributed by atoms with van der Waals surface area (Å²) >= 11 is 0. The standard InChI is InChI=1S/C21H32FN3O3S/c1-17-5-2-12-24(15-17)13-4-11-23-21(26)18-6-3-14-25(16-18)29(27,28)20-9-7-19(22)8-10-20/h7-10,17-18H,2-6,11-16H2,1H3,(H,23,26)/t17-,18+/m0/s1. The van der Waals surface area contributed by atoms with Crippen molar-refractivity contribution < 1.29 is 17.6 Å². The molecule has 2 aliphatic rings. The Labute approximate surface area is 173 Å². The van der Waals surface area contributed by atoms with Crippen molar-refractivity contribution in [2.75, 3.05) is 39.3 Å². The van der Waals surface area contributed by atoms with Crippen molar-refractivity contribution in [3.8, 4) is 0 Å². The molecule has 1 aromatic rings. The lowest BCUT2D eigenvalue weighted by atomic mass is 9.99. The molecule has 1 aromatic carbocycles. The minimum atomic E-state index is -3.71. The van der Waals surface area contributed by atoms with E-state index in [0.717, 1.165) is 44.1 Å². The van der Waals surface area contributed by atoms with E-state index in [1.807, 2.05) is 0 Å². The van der Waals surface area contributed by atoms with Gasteiger partial charge in [-0.1, -0.05) is 6.92 Å². The van der Waals surface area contributed by atoms with Crippen LogP contribution in [0.1, 0.15) is 39.0 Å². The molecule has 0 radical (unpaired) electrons. The molecular weight excluding hydrogens is 393 g/mol. The number of sulfonamides is 1. The minimum Gasteiger partial charge on any atom is -0.356 e. The lowest BCUT2D eigenvalue weighted by molar-refractivity contribution is -0.126. The van der Waals surface area contributed by atoms with Crippen LogP contribution in [0, 0.1) is 17.7 Å². The van der Waals surface area contributed by atoms with Crippen molar-refractivity contribution in [3.63, 3.8) is 0 Å². The van der Waals surface area contributed by atoms with Crippen LogP contribution in [0.15, 0.2) is 29.2 Å². The molecule has 0 aromatic heterocycles. The highest BCUT2D eigenvalue weighted by Gasteiger charge is 2.33. The van der Waals surface area contributed by atoms with Crippen molar-refractivity contribution in [3.05, 3.63) is 30.1 Å². The highest BCUT2D eigenvalue weighted by molar-refractivity contribution is 7.89.